The molecule has 15 heavy (non-hydrogen) atoms. The van der Waals surface area contributed by atoms with Gasteiger partial charge in [-0.3, -0.25) is 4.79 Å². The second kappa shape index (κ2) is 7.27. The molecule has 0 bridgehead atoms. The number of allylic oxidation sites excluding steroid dienone is 3. The molecule has 0 spiro atoms. The van der Waals surface area contributed by atoms with Crippen LogP contribution in [0.15, 0.2) is 23.3 Å². The Morgan fingerprint density at radius 3 is 2.47 bits per heavy atom. The lowest BCUT2D eigenvalue weighted by atomic mass is 10.0. The van der Waals surface area contributed by atoms with Gasteiger partial charge in [0, 0.05) is 5.57 Å². The van der Waals surface area contributed by atoms with Gasteiger partial charge >= 0.3 is 0 Å². The van der Waals surface area contributed by atoms with Gasteiger partial charge in [-0.15, -0.1) is 0 Å². The summed E-state index contributed by atoms with van der Waals surface area (Å²) in [7, 11) is 0. The fraction of sp³-hybridized carbons (Fsp3) is 0.615. The second-order valence-corrected chi connectivity index (χ2v) is 4.22. The highest BCUT2D eigenvalue weighted by Crippen LogP contribution is 2.12. The molecule has 0 aliphatic carbocycles. The lowest BCUT2D eigenvalue weighted by Gasteiger charge is -2.05. The summed E-state index contributed by atoms with van der Waals surface area (Å²) in [5.41, 5.74) is 6.90. The summed E-state index contributed by atoms with van der Waals surface area (Å²) in [5.74, 6) is 0.228. The fourth-order valence-corrected chi connectivity index (χ4v) is 1.52. The zero-order chi connectivity index (χ0) is 11.8. The topological polar surface area (TPSA) is 43.1 Å². The summed E-state index contributed by atoms with van der Waals surface area (Å²) < 4.78 is 0. The first kappa shape index (κ1) is 13.9. The molecule has 2 nitrogen and oxygen atoms in total. The van der Waals surface area contributed by atoms with Crippen molar-refractivity contribution < 1.29 is 4.79 Å². The molecule has 0 aromatic rings. The Morgan fingerprint density at radius 1 is 1.40 bits per heavy atom. The van der Waals surface area contributed by atoms with E-state index in [4.69, 9.17) is 5.73 Å². The number of rotatable bonds is 6. The zero-order valence-electron chi connectivity index (χ0n) is 10.3. The fourth-order valence-electron chi connectivity index (χ4n) is 1.52. The predicted molar refractivity (Wildman–Crippen MR) is 65.4 cm³/mol. The molecular weight excluding hydrogens is 186 g/mol. The van der Waals surface area contributed by atoms with E-state index in [2.05, 4.69) is 19.9 Å². The van der Waals surface area contributed by atoms with E-state index in [1.165, 1.54) is 19.3 Å². The predicted octanol–water partition coefficient (Wildman–Crippen LogP) is 3.19. The van der Waals surface area contributed by atoms with Crippen molar-refractivity contribution in [3.63, 3.8) is 0 Å². The SMILES string of the molecule is CCCC[C@H](C)/C=C(C)/C=C(\C)C(N)=O. The first-order valence-electron chi connectivity index (χ1n) is 5.63. The Labute approximate surface area is 93.2 Å². The Bertz CT molecular complexity index is 264. The smallest absolute Gasteiger partial charge is 0.244 e. The van der Waals surface area contributed by atoms with E-state index in [1.807, 2.05) is 13.0 Å². The average Bonchev–Trinajstić information content (AvgIpc) is 2.14. The Kier molecular flexibility index (Phi) is 6.76. The van der Waals surface area contributed by atoms with E-state index in [1.54, 1.807) is 6.92 Å². The number of nitrogens with two attached hydrogens (primary N) is 1. The van der Waals surface area contributed by atoms with Gasteiger partial charge in [-0.1, -0.05) is 44.4 Å². The Morgan fingerprint density at radius 2 is 2.00 bits per heavy atom. The van der Waals surface area contributed by atoms with Crippen LogP contribution < -0.4 is 5.73 Å². The summed E-state index contributed by atoms with van der Waals surface area (Å²) in [6, 6.07) is 0. The van der Waals surface area contributed by atoms with Crippen LogP contribution in [0.1, 0.15) is 47.0 Å². The molecule has 2 N–H and O–H groups in total. The van der Waals surface area contributed by atoms with Crippen LogP contribution in [-0.4, -0.2) is 5.91 Å². The lowest BCUT2D eigenvalue weighted by Crippen LogP contribution is -2.11. The molecule has 0 heterocycles. The molecule has 86 valence electrons. The van der Waals surface area contributed by atoms with Crippen molar-refractivity contribution in [2.45, 2.75) is 47.0 Å². The second-order valence-electron chi connectivity index (χ2n) is 4.22. The molecule has 1 atom stereocenters. The minimum Gasteiger partial charge on any atom is -0.366 e. The molecule has 0 unspecified atom stereocenters. The molecular formula is C13H23NO. The van der Waals surface area contributed by atoms with Crippen LogP contribution >= 0.6 is 0 Å². The summed E-state index contributed by atoms with van der Waals surface area (Å²) in [6.45, 7) is 8.15. The molecule has 0 aliphatic rings. The van der Waals surface area contributed by atoms with E-state index in [9.17, 15) is 4.79 Å². The quantitative estimate of drug-likeness (QED) is 0.530. The molecule has 0 aromatic carbocycles. The van der Waals surface area contributed by atoms with Crippen LogP contribution in [0.5, 0.6) is 0 Å². The van der Waals surface area contributed by atoms with Crippen molar-refractivity contribution in [1.82, 2.24) is 0 Å². The molecule has 0 fully saturated rings. The number of amides is 1. The van der Waals surface area contributed by atoms with Gasteiger partial charge in [-0.05, 0) is 26.2 Å². The summed E-state index contributed by atoms with van der Waals surface area (Å²) in [6.07, 6.45) is 7.74. The van der Waals surface area contributed by atoms with Crippen molar-refractivity contribution in [1.29, 1.82) is 0 Å². The third kappa shape index (κ3) is 6.95. The third-order valence-corrected chi connectivity index (χ3v) is 2.39. The van der Waals surface area contributed by atoms with Crippen molar-refractivity contribution in [2.75, 3.05) is 0 Å². The van der Waals surface area contributed by atoms with E-state index in [0.29, 0.717) is 11.5 Å². The van der Waals surface area contributed by atoms with Crippen LogP contribution in [0.25, 0.3) is 0 Å². The first-order chi connectivity index (χ1) is 6.97. The molecule has 2 heteroatoms. The van der Waals surface area contributed by atoms with Gasteiger partial charge in [0.25, 0.3) is 0 Å². The normalized spacial score (nSPS) is 15.2. The highest BCUT2D eigenvalue weighted by atomic mass is 16.1. The van der Waals surface area contributed by atoms with E-state index < -0.39 is 0 Å². The van der Waals surface area contributed by atoms with Gasteiger partial charge in [0.15, 0.2) is 0 Å². The highest BCUT2D eigenvalue weighted by Gasteiger charge is 1.99. The summed E-state index contributed by atoms with van der Waals surface area (Å²) in [4.78, 5) is 10.8. The van der Waals surface area contributed by atoms with Crippen LogP contribution in [0.4, 0.5) is 0 Å². The van der Waals surface area contributed by atoms with Crippen molar-refractivity contribution >= 4 is 5.91 Å². The average molecular weight is 209 g/mol. The number of carbonyl (C=O) groups excluding carboxylic acids is 1. The molecule has 0 saturated carbocycles. The Hall–Kier alpha value is -1.05. The van der Waals surface area contributed by atoms with Gasteiger partial charge in [0.2, 0.25) is 5.91 Å². The Balaban J connectivity index is 4.30. The largest absolute Gasteiger partial charge is 0.366 e. The maximum atomic E-state index is 10.8. The molecule has 0 aliphatic heterocycles. The number of primary amides is 1. The summed E-state index contributed by atoms with van der Waals surface area (Å²) >= 11 is 0. The summed E-state index contributed by atoms with van der Waals surface area (Å²) in [5, 5.41) is 0. The van der Waals surface area contributed by atoms with E-state index >= 15 is 0 Å². The van der Waals surface area contributed by atoms with E-state index in [-0.39, 0.29) is 5.91 Å². The maximum absolute atomic E-state index is 10.8. The maximum Gasteiger partial charge on any atom is 0.244 e. The van der Waals surface area contributed by atoms with E-state index in [0.717, 1.165) is 5.57 Å². The number of hydrogen-bond acceptors (Lipinski definition) is 1. The van der Waals surface area contributed by atoms with Gasteiger partial charge < -0.3 is 5.73 Å². The molecule has 0 rings (SSSR count). The minimum atomic E-state index is -0.344. The lowest BCUT2D eigenvalue weighted by molar-refractivity contribution is -0.114. The molecule has 0 saturated heterocycles. The minimum absolute atomic E-state index is 0.344. The number of hydrogen-bond donors (Lipinski definition) is 1. The highest BCUT2D eigenvalue weighted by molar-refractivity contribution is 5.91. The molecule has 1 amide bonds. The number of carbonyl (C=O) groups is 1. The monoisotopic (exact) mass is 209 g/mol. The first-order valence-corrected chi connectivity index (χ1v) is 5.63. The van der Waals surface area contributed by atoms with Crippen LogP contribution in [0.3, 0.4) is 0 Å². The van der Waals surface area contributed by atoms with Crippen LogP contribution in [-0.2, 0) is 4.79 Å². The van der Waals surface area contributed by atoms with Crippen molar-refractivity contribution in [3.05, 3.63) is 23.3 Å². The number of unbranched alkanes of at least 4 members (excludes halogenated alkanes) is 1. The standard InChI is InChI=1S/C13H23NO/c1-5-6-7-10(2)8-11(3)9-12(4)13(14)15/h8-10H,5-7H2,1-4H3,(H2,14,15)/b11-8+,12-9+/t10-/m0/s1. The zero-order valence-corrected chi connectivity index (χ0v) is 10.3. The molecule has 0 aromatic heterocycles. The third-order valence-electron chi connectivity index (χ3n) is 2.39. The van der Waals surface area contributed by atoms with Crippen molar-refractivity contribution in [2.24, 2.45) is 11.7 Å². The van der Waals surface area contributed by atoms with Gasteiger partial charge in [0.05, 0.1) is 0 Å². The van der Waals surface area contributed by atoms with Gasteiger partial charge in [-0.25, -0.2) is 0 Å². The molecule has 0 radical (unpaired) electrons. The van der Waals surface area contributed by atoms with Gasteiger partial charge in [-0.2, -0.15) is 0 Å². The van der Waals surface area contributed by atoms with Gasteiger partial charge in [0.1, 0.15) is 0 Å². The van der Waals surface area contributed by atoms with Crippen LogP contribution in [0, 0.1) is 5.92 Å². The van der Waals surface area contributed by atoms with Crippen LogP contribution in [0.2, 0.25) is 0 Å². The van der Waals surface area contributed by atoms with Crippen molar-refractivity contribution in [3.8, 4) is 0 Å².